The van der Waals surface area contributed by atoms with Crippen LogP contribution in [0.15, 0.2) is 53.4 Å². The molecule has 2 aliphatic heterocycles. The minimum atomic E-state index is -3.68. The fourth-order valence-corrected chi connectivity index (χ4v) is 5.84. The molecular weight excluding hydrogens is 428 g/mol. The van der Waals surface area contributed by atoms with Crippen LogP contribution in [0.5, 0.6) is 0 Å². The summed E-state index contributed by atoms with van der Waals surface area (Å²) in [5, 5.41) is 0. The van der Waals surface area contributed by atoms with E-state index in [1.165, 1.54) is 28.6 Å². The molecule has 2 heterocycles. The number of ether oxygens (including phenoxy) is 1. The first-order valence-electron chi connectivity index (χ1n) is 11.1. The molecule has 1 saturated heterocycles. The molecule has 0 N–H and O–H groups in total. The number of amides is 1. The number of hydrogen-bond acceptors (Lipinski definition) is 5. The van der Waals surface area contributed by atoms with E-state index in [4.69, 9.17) is 4.74 Å². The summed E-state index contributed by atoms with van der Waals surface area (Å²) in [4.78, 5) is 27.3. The van der Waals surface area contributed by atoms with E-state index in [0.717, 1.165) is 43.4 Å². The number of benzene rings is 2. The van der Waals surface area contributed by atoms with Gasteiger partial charge in [0.2, 0.25) is 10.0 Å². The second-order valence-corrected chi connectivity index (χ2v) is 10.2. The van der Waals surface area contributed by atoms with Crippen LogP contribution >= 0.6 is 0 Å². The Balaban J connectivity index is 1.46. The lowest BCUT2D eigenvalue weighted by Crippen LogP contribution is -2.39. The molecule has 4 rings (SSSR count). The predicted octanol–water partition coefficient (Wildman–Crippen LogP) is 3.39. The molecule has 170 valence electrons. The Hall–Kier alpha value is -2.71. The summed E-state index contributed by atoms with van der Waals surface area (Å²) in [7, 11) is -3.68. The van der Waals surface area contributed by atoms with Gasteiger partial charge >= 0.3 is 5.97 Å². The molecule has 0 aromatic heterocycles. The maximum Gasteiger partial charge on any atom is 0.338 e. The topological polar surface area (TPSA) is 84.0 Å². The molecule has 0 bridgehead atoms. The molecule has 0 aliphatic carbocycles. The highest BCUT2D eigenvalue weighted by atomic mass is 32.2. The normalized spacial score (nSPS) is 18.0. The molecule has 2 aromatic carbocycles. The van der Waals surface area contributed by atoms with Crippen LogP contribution in [0.25, 0.3) is 0 Å². The van der Waals surface area contributed by atoms with E-state index in [1.807, 2.05) is 24.3 Å². The minimum Gasteiger partial charge on any atom is -0.449 e. The summed E-state index contributed by atoms with van der Waals surface area (Å²) in [6.07, 6.45) is 3.48. The van der Waals surface area contributed by atoms with Gasteiger partial charge in [-0.15, -0.1) is 0 Å². The molecule has 32 heavy (non-hydrogen) atoms. The Morgan fingerprint density at radius 3 is 2.41 bits per heavy atom. The van der Waals surface area contributed by atoms with Gasteiger partial charge in [0.05, 0.1) is 10.5 Å². The fraction of sp³-hybridized carbons (Fsp3) is 0.417. The Morgan fingerprint density at radius 2 is 1.66 bits per heavy atom. The van der Waals surface area contributed by atoms with E-state index in [-0.39, 0.29) is 16.4 Å². The number of rotatable bonds is 5. The number of carbonyl (C=O) groups excluding carboxylic acids is 2. The molecule has 2 aliphatic rings. The molecule has 7 nitrogen and oxygen atoms in total. The average Bonchev–Trinajstić information content (AvgIpc) is 3.03. The van der Waals surface area contributed by atoms with Gasteiger partial charge in [0.1, 0.15) is 0 Å². The molecule has 1 fully saturated rings. The van der Waals surface area contributed by atoms with Crippen molar-refractivity contribution in [2.24, 2.45) is 0 Å². The third kappa shape index (κ3) is 4.56. The summed E-state index contributed by atoms with van der Waals surface area (Å²) in [6, 6.07) is 13.5. The molecule has 8 heteroatoms. The Kier molecular flexibility index (Phi) is 6.62. The van der Waals surface area contributed by atoms with Gasteiger partial charge < -0.3 is 9.64 Å². The standard InChI is InChI=1S/C24H28N2O5S/c1-18(23(27)26-16-13-19-9-4-5-12-22(19)26)31-24(28)20-10-8-11-21(17-20)32(29,30)25-14-6-2-3-7-15-25/h4-5,8-12,17-18H,2-3,6-7,13-16H2,1H3/t18-/m0/s1. The molecule has 0 radical (unpaired) electrons. The van der Waals surface area contributed by atoms with Gasteiger partial charge in [-0.2, -0.15) is 4.31 Å². The van der Waals surface area contributed by atoms with Crippen LogP contribution in [0.3, 0.4) is 0 Å². The Bertz CT molecular complexity index is 1110. The number of para-hydroxylation sites is 1. The molecule has 1 amide bonds. The summed E-state index contributed by atoms with van der Waals surface area (Å²) >= 11 is 0. The predicted molar refractivity (Wildman–Crippen MR) is 121 cm³/mol. The highest BCUT2D eigenvalue weighted by molar-refractivity contribution is 7.89. The van der Waals surface area contributed by atoms with Gasteiger partial charge in [0.15, 0.2) is 6.10 Å². The molecule has 0 saturated carbocycles. The second kappa shape index (κ2) is 9.42. The first-order valence-corrected chi connectivity index (χ1v) is 12.5. The van der Waals surface area contributed by atoms with Crippen molar-refractivity contribution in [1.82, 2.24) is 4.31 Å². The number of carbonyl (C=O) groups is 2. The van der Waals surface area contributed by atoms with Crippen molar-refractivity contribution in [2.75, 3.05) is 24.5 Å². The van der Waals surface area contributed by atoms with E-state index in [0.29, 0.717) is 19.6 Å². The summed E-state index contributed by atoms with van der Waals surface area (Å²) < 4.78 is 33.0. The van der Waals surface area contributed by atoms with Gasteiger partial charge in [-0.3, -0.25) is 4.79 Å². The number of anilines is 1. The summed E-state index contributed by atoms with van der Waals surface area (Å²) in [6.45, 7) is 3.06. The SMILES string of the molecule is C[C@H](OC(=O)c1cccc(S(=O)(=O)N2CCCCCC2)c1)C(=O)N1CCc2ccccc21. The number of nitrogens with zero attached hydrogens (tertiary/aromatic N) is 2. The molecule has 0 unspecified atom stereocenters. The smallest absolute Gasteiger partial charge is 0.338 e. The fourth-order valence-electron chi connectivity index (χ4n) is 4.28. The lowest BCUT2D eigenvalue weighted by molar-refractivity contribution is -0.126. The van der Waals surface area contributed by atoms with Crippen molar-refractivity contribution >= 4 is 27.6 Å². The van der Waals surface area contributed by atoms with Gasteiger partial charge in [-0.1, -0.05) is 37.1 Å². The van der Waals surface area contributed by atoms with E-state index < -0.39 is 22.1 Å². The van der Waals surface area contributed by atoms with E-state index in [9.17, 15) is 18.0 Å². The van der Waals surface area contributed by atoms with Gasteiger partial charge in [0, 0.05) is 25.3 Å². The van der Waals surface area contributed by atoms with E-state index in [1.54, 1.807) is 11.8 Å². The van der Waals surface area contributed by atoms with Crippen molar-refractivity contribution in [3.8, 4) is 0 Å². The van der Waals surface area contributed by atoms with Gasteiger partial charge in [-0.05, 0) is 56.0 Å². The molecule has 1 atom stereocenters. The lowest BCUT2D eigenvalue weighted by atomic mass is 10.2. The largest absolute Gasteiger partial charge is 0.449 e. The third-order valence-corrected chi connectivity index (χ3v) is 7.95. The van der Waals surface area contributed by atoms with Crippen LogP contribution < -0.4 is 4.90 Å². The second-order valence-electron chi connectivity index (χ2n) is 8.26. The highest BCUT2D eigenvalue weighted by Gasteiger charge is 2.31. The van der Waals surface area contributed by atoms with Crippen molar-refractivity contribution in [3.63, 3.8) is 0 Å². The number of esters is 1. The van der Waals surface area contributed by atoms with Gasteiger partial charge in [-0.25, -0.2) is 13.2 Å². The first kappa shape index (κ1) is 22.5. The minimum absolute atomic E-state index is 0.0706. The molecular formula is C24H28N2O5S. The zero-order valence-corrected chi connectivity index (χ0v) is 19.0. The van der Waals surface area contributed by atoms with Crippen molar-refractivity contribution in [1.29, 1.82) is 0 Å². The maximum atomic E-state index is 13.0. The van der Waals surface area contributed by atoms with Crippen LogP contribution in [0.1, 0.15) is 48.5 Å². The van der Waals surface area contributed by atoms with E-state index in [2.05, 4.69) is 0 Å². The van der Waals surface area contributed by atoms with Gasteiger partial charge in [0.25, 0.3) is 5.91 Å². The zero-order chi connectivity index (χ0) is 22.7. The average molecular weight is 457 g/mol. The Labute approximate surface area is 189 Å². The van der Waals surface area contributed by atoms with Crippen molar-refractivity contribution in [3.05, 3.63) is 59.7 Å². The first-order chi connectivity index (χ1) is 15.4. The summed E-state index contributed by atoms with van der Waals surface area (Å²) in [5.41, 5.74) is 2.04. The Morgan fingerprint density at radius 1 is 0.938 bits per heavy atom. The molecule has 0 spiro atoms. The van der Waals surface area contributed by atoms with Crippen molar-refractivity contribution < 1.29 is 22.7 Å². The zero-order valence-electron chi connectivity index (χ0n) is 18.2. The monoisotopic (exact) mass is 456 g/mol. The van der Waals surface area contributed by atoms with Crippen LogP contribution in [-0.4, -0.2) is 50.3 Å². The third-order valence-electron chi connectivity index (χ3n) is 6.06. The maximum absolute atomic E-state index is 13.0. The van der Waals surface area contributed by atoms with E-state index >= 15 is 0 Å². The van der Waals surface area contributed by atoms with Crippen LogP contribution in [0.2, 0.25) is 0 Å². The highest BCUT2D eigenvalue weighted by Crippen LogP contribution is 2.28. The number of fused-ring (bicyclic) bond motifs is 1. The van der Waals surface area contributed by atoms with Crippen LogP contribution in [-0.2, 0) is 26.0 Å². The van der Waals surface area contributed by atoms with Crippen LogP contribution in [0, 0.1) is 0 Å². The van der Waals surface area contributed by atoms with Crippen molar-refractivity contribution in [2.45, 2.75) is 50.0 Å². The summed E-state index contributed by atoms with van der Waals surface area (Å²) in [5.74, 6) is -1.01. The number of sulfonamides is 1. The molecule has 2 aromatic rings. The van der Waals surface area contributed by atoms with Crippen LogP contribution in [0.4, 0.5) is 5.69 Å². The quantitative estimate of drug-likeness (QED) is 0.644. The lowest BCUT2D eigenvalue weighted by Gasteiger charge is -2.22. The number of hydrogen-bond donors (Lipinski definition) is 0.